The molecule has 6 nitrogen and oxygen atoms in total. The molecule has 2 aromatic heterocycles. The molecular weight excluding hydrogens is 220 g/mol. The molecule has 0 bridgehead atoms. The van der Waals surface area contributed by atoms with Crippen molar-refractivity contribution in [2.24, 2.45) is 0 Å². The van der Waals surface area contributed by atoms with Gasteiger partial charge in [-0.15, -0.1) is 0 Å². The Balaban J connectivity index is 2.07. The third kappa shape index (κ3) is 3.01. The lowest BCUT2D eigenvalue weighted by molar-refractivity contribution is 0.210. The van der Waals surface area contributed by atoms with Crippen LogP contribution in [-0.2, 0) is 4.74 Å². The van der Waals surface area contributed by atoms with Crippen LogP contribution in [0.25, 0.3) is 11.5 Å². The second kappa shape index (κ2) is 5.40. The Morgan fingerprint density at radius 3 is 3.12 bits per heavy atom. The quantitative estimate of drug-likeness (QED) is 0.790. The number of nitrogens with one attached hydrogen (secondary N) is 1. The lowest BCUT2D eigenvalue weighted by atomic mass is 10.2. The molecule has 0 aliphatic carbocycles. The summed E-state index contributed by atoms with van der Waals surface area (Å²) in [5.41, 5.74) is 1.81. The van der Waals surface area contributed by atoms with Gasteiger partial charge in [0.15, 0.2) is 0 Å². The van der Waals surface area contributed by atoms with Crippen LogP contribution >= 0.6 is 0 Å². The summed E-state index contributed by atoms with van der Waals surface area (Å²) >= 11 is 0. The Morgan fingerprint density at radius 2 is 2.35 bits per heavy atom. The molecule has 17 heavy (non-hydrogen) atoms. The standard InChI is InChI=1S/C11H14N4O2/c1-8-3-4-12-9(7-8)10-14-11(17-15-10)13-5-6-16-2/h3-4,7H,5-6H2,1-2H3,(H,13,14,15). The van der Waals surface area contributed by atoms with Crippen molar-refractivity contribution >= 4 is 6.01 Å². The van der Waals surface area contributed by atoms with Crippen molar-refractivity contribution in [1.29, 1.82) is 0 Å². The Labute approximate surface area is 99.0 Å². The maximum Gasteiger partial charge on any atom is 0.321 e. The van der Waals surface area contributed by atoms with Crippen molar-refractivity contribution in [3.8, 4) is 11.5 Å². The molecular formula is C11H14N4O2. The van der Waals surface area contributed by atoms with Crippen LogP contribution in [0.3, 0.4) is 0 Å². The number of anilines is 1. The maximum atomic E-state index is 5.04. The number of aromatic nitrogens is 3. The van der Waals surface area contributed by atoms with Gasteiger partial charge in [-0.1, -0.05) is 5.16 Å². The minimum absolute atomic E-state index is 0.375. The molecule has 0 spiro atoms. The summed E-state index contributed by atoms with van der Waals surface area (Å²) in [6.45, 7) is 3.20. The fourth-order valence-corrected chi connectivity index (χ4v) is 1.32. The Hall–Kier alpha value is -1.95. The van der Waals surface area contributed by atoms with E-state index in [1.165, 1.54) is 0 Å². The summed E-state index contributed by atoms with van der Waals surface area (Å²) in [5.74, 6) is 0.480. The molecule has 90 valence electrons. The number of hydrogen-bond acceptors (Lipinski definition) is 6. The van der Waals surface area contributed by atoms with Crippen LogP contribution in [0.2, 0.25) is 0 Å². The van der Waals surface area contributed by atoms with Gasteiger partial charge in [0.25, 0.3) is 0 Å². The zero-order valence-electron chi connectivity index (χ0n) is 9.80. The summed E-state index contributed by atoms with van der Waals surface area (Å²) < 4.78 is 9.94. The number of ether oxygens (including phenoxy) is 1. The largest absolute Gasteiger partial charge is 0.383 e. The van der Waals surface area contributed by atoms with Gasteiger partial charge in [-0.3, -0.25) is 4.98 Å². The summed E-state index contributed by atoms with van der Waals surface area (Å²) in [6, 6.07) is 4.20. The van der Waals surface area contributed by atoms with Crippen LogP contribution in [0.15, 0.2) is 22.9 Å². The minimum atomic E-state index is 0.375. The average Bonchev–Trinajstić information content (AvgIpc) is 2.78. The van der Waals surface area contributed by atoms with Crippen molar-refractivity contribution < 1.29 is 9.26 Å². The number of rotatable bonds is 5. The number of methoxy groups -OCH3 is 1. The highest BCUT2D eigenvalue weighted by atomic mass is 16.5. The maximum absolute atomic E-state index is 5.04. The first-order valence-corrected chi connectivity index (χ1v) is 5.29. The van der Waals surface area contributed by atoms with E-state index >= 15 is 0 Å². The number of hydrogen-bond donors (Lipinski definition) is 1. The van der Waals surface area contributed by atoms with Crippen molar-refractivity contribution in [1.82, 2.24) is 15.1 Å². The Morgan fingerprint density at radius 1 is 1.47 bits per heavy atom. The van der Waals surface area contributed by atoms with Gasteiger partial charge in [-0.25, -0.2) is 0 Å². The zero-order valence-corrected chi connectivity index (χ0v) is 9.80. The van der Waals surface area contributed by atoms with Gasteiger partial charge in [0.05, 0.1) is 6.61 Å². The van der Waals surface area contributed by atoms with E-state index in [2.05, 4.69) is 20.4 Å². The smallest absolute Gasteiger partial charge is 0.321 e. The van der Waals surface area contributed by atoms with Gasteiger partial charge in [-0.2, -0.15) is 4.98 Å². The summed E-state index contributed by atoms with van der Waals surface area (Å²) in [5, 5.41) is 6.81. The molecule has 0 saturated carbocycles. The number of aryl methyl sites for hydroxylation is 1. The van der Waals surface area contributed by atoms with E-state index in [9.17, 15) is 0 Å². The number of nitrogens with zero attached hydrogens (tertiary/aromatic N) is 3. The van der Waals surface area contributed by atoms with E-state index in [1.54, 1.807) is 13.3 Å². The SMILES string of the molecule is COCCNc1nc(-c2cc(C)ccn2)no1. The molecule has 0 unspecified atom stereocenters. The molecule has 2 rings (SSSR count). The number of pyridine rings is 1. The van der Waals surface area contributed by atoms with Gasteiger partial charge in [0.1, 0.15) is 5.69 Å². The Bertz CT molecular complexity index is 484. The highest BCUT2D eigenvalue weighted by Crippen LogP contribution is 2.15. The van der Waals surface area contributed by atoms with Crippen LogP contribution in [0, 0.1) is 6.92 Å². The van der Waals surface area contributed by atoms with Crippen LogP contribution in [0.4, 0.5) is 6.01 Å². The fraction of sp³-hybridized carbons (Fsp3) is 0.364. The molecule has 0 aliphatic heterocycles. The van der Waals surface area contributed by atoms with E-state index in [4.69, 9.17) is 9.26 Å². The van der Waals surface area contributed by atoms with E-state index in [-0.39, 0.29) is 0 Å². The molecule has 0 fully saturated rings. The third-order valence-corrected chi connectivity index (χ3v) is 2.15. The van der Waals surface area contributed by atoms with Gasteiger partial charge in [-0.05, 0) is 24.6 Å². The van der Waals surface area contributed by atoms with E-state index < -0.39 is 0 Å². The second-order valence-electron chi connectivity index (χ2n) is 3.56. The van der Waals surface area contributed by atoms with Gasteiger partial charge < -0.3 is 14.6 Å². The van der Waals surface area contributed by atoms with Crippen molar-refractivity contribution in [2.45, 2.75) is 6.92 Å². The molecule has 1 N–H and O–H groups in total. The molecule has 0 radical (unpaired) electrons. The third-order valence-electron chi connectivity index (χ3n) is 2.15. The van der Waals surface area contributed by atoms with E-state index in [0.717, 1.165) is 5.56 Å². The zero-order chi connectivity index (χ0) is 12.1. The first-order chi connectivity index (χ1) is 8.29. The van der Waals surface area contributed by atoms with Gasteiger partial charge >= 0.3 is 6.01 Å². The van der Waals surface area contributed by atoms with E-state index in [0.29, 0.717) is 30.7 Å². The van der Waals surface area contributed by atoms with Crippen molar-refractivity contribution in [3.05, 3.63) is 23.9 Å². The molecule has 6 heteroatoms. The lowest BCUT2D eigenvalue weighted by Crippen LogP contribution is -2.07. The van der Waals surface area contributed by atoms with Crippen LogP contribution in [0.5, 0.6) is 0 Å². The van der Waals surface area contributed by atoms with Crippen LogP contribution < -0.4 is 5.32 Å². The van der Waals surface area contributed by atoms with Crippen molar-refractivity contribution in [2.75, 3.05) is 25.6 Å². The first-order valence-electron chi connectivity index (χ1n) is 5.29. The summed E-state index contributed by atoms with van der Waals surface area (Å²) in [4.78, 5) is 8.37. The normalized spacial score (nSPS) is 10.5. The fourth-order valence-electron chi connectivity index (χ4n) is 1.32. The highest BCUT2D eigenvalue weighted by molar-refractivity contribution is 5.50. The molecule has 2 aromatic rings. The van der Waals surface area contributed by atoms with Crippen LogP contribution in [0.1, 0.15) is 5.56 Å². The topological polar surface area (TPSA) is 73.1 Å². The van der Waals surface area contributed by atoms with E-state index in [1.807, 2.05) is 19.1 Å². The monoisotopic (exact) mass is 234 g/mol. The molecule has 0 aliphatic rings. The van der Waals surface area contributed by atoms with Gasteiger partial charge in [0, 0.05) is 19.9 Å². The minimum Gasteiger partial charge on any atom is -0.383 e. The summed E-state index contributed by atoms with van der Waals surface area (Å²) in [7, 11) is 1.64. The van der Waals surface area contributed by atoms with Gasteiger partial charge in [0.2, 0.25) is 5.82 Å². The molecule has 0 atom stereocenters. The predicted molar refractivity (Wildman–Crippen MR) is 62.6 cm³/mol. The molecule has 0 aromatic carbocycles. The summed E-state index contributed by atoms with van der Waals surface area (Å²) in [6.07, 6.45) is 1.72. The van der Waals surface area contributed by atoms with Crippen LogP contribution in [-0.4, -0.2) is 35.4 Å². The lowest BCUT2D eigenvalue weighted by Gasteiger charge is -1.97. The highest BCUT2D eigenvalue weighted by Gasteiger charge is 2.08. The van der Waals surface area contributed by atoms with Crippen molar-refractivity contribution in [3.63, 3.8) is 0 Å². The predicted octanol–water partition coefficient (Wildman–Crippen LogP) is 1.50. The molecule has 0 amide bonds. The Kier molecular flexibility index (Phi) is 3.66. The molecule has 2 heterocycles. The second-order valence-corrected chi connectivity index (χ2v) is 3.56. The first kappa shape index (κ1) is 11.5. The molecule has 0 saturated heterocycles. The average molecular weight is 234 g/mol.